The van der Waals surface area contributed by atoms with Crippen molar-refractivity contribution in [3.8, 4) is 23.1 Å². The lowest BCUT2D eigenvalue weighted by atomic mass is 10.1. The van der Waals surface area contributed by atoms with Crippen LogP contribution in [0, 0.1) is 11.3 Å². The Morgan fingerprint density at radius 1 is 1.07 bits per heavy atom. The molecule has 0 saturated heterocycles. The highest BCUT2D eigenvalue weighted by molar-refractivity contribution is 6.31. The van der Waals surface area contributed by atoms with Gasteiger partial charge in [0.05, 0.1) is 5.69 Å². The summed E-state index contributed by atoms with van der Waals surface area (Å²) in [7, 11) is 0. The highest BCUT2D eigenvalue weighted by atomic mass is 35.5. The molecular weight excluding hydrogens is 360 g/mol. The Morgan fingerprint density at radius 2 is 1.81 bits per heavy atom. The number of ether oxygens (including phenoxy) is 1. The Labute approximate surface area is 162 Å². The molecule has 3 aromatic rings. The minimum Gasteiger partial charge on any atom is -0.488 e. The van der Waals surface area contributed by atoms with Gasteiger partial charge in [-0.2, -0.15) is 10.2 Å². The van der Waals surface area contributed by atoms with Gasteiger partial charge in [-0.05, 0) is 30.5 Å². The number of nitrogens with zero attached hydrogens (tertiary/aromatic N) is 3. The fraction of sp³-hybridized carbons (Fsp3) is 0.190. The smallest absolute Gasteiger partial charge is 0.224 e. The van der Waals surface area contributed by atoms with Crippen LogP contribution in [-0.4, -0.2) is 16.0 Å². The molecule has 1 N–H and O–H groups in total. The number of aromatic nitrogens is 2. The third-order valence-corrected chi connectivity index (χ3v) is 4.54. The largest absolute Gasteiger partial charge is 0.488 e. The maximum atomic E-state index is 9.57. The van der Waals surface area contributed by atoms with E-state index >= 15 is 0 Å². The zero-order chi connectivity index (χ0) is 18.6. The summed E-state index contributed by atoms with van der Waals surface area (Å²) < 4.78 is 6.02. The molecule has 0 atom stereocenters. The number of benzene rings is 2. The molecule has 5 nitrogen and oxygen atoms in total. The van der Waals surface area contributed by atoms with Crippen molar-refractivity contribution < 1.29 is 4.74 Å². The van der Waals surface area contributed by atoms with Gasteiger partial charge >= 0.3 is 0 Å². The van der Waals surface area contributed by atoms with Gasteiger partial charge in [-0.1, -0.05) is 54.1 Å². The first kappa shape index (κ1) is 17.3. The minimum absolute atomic E-state index is 0.142. The van der Waals surface area contributed by atoms with Crippen molar-refractivity contribution in [1.29, 1.82) is 5.26 Å². The quantitative estimate of drug-likeness (QED) is 0.624. The lowest BCUT2D eigenvalue weighted by Crippen LogP contribution is -2.08. The summed E-state index contributed by atoms with van der Waals surface area (Å²) >= 11 is 6.26. The van der Waals surface area contributed by atoms with Gasteiger partial charge in [0.1, 0.15) is 24.0 Å². The van der Waals surface area contributed by atoms with Crippen molar-refractivity contribution in [3.63, 3.8) is 0 Å². The molecule has 0 amide bonds. The number of nitrogens with one attached hydrogen (secondary N) is 1. The van der Waals surface area contributed by atoms with Crippen LogP contribution in [-0.2, 0) is 6.61 Å². The molecular formula is C21H17ClN4O. The molecule has 0 aliphatic heterocycles. The van der Waals surface area contributed by atoms with E-state index in [1.54, 1.807) is 0 Å². The van der Waals surface area contributed by atoms with E-state index in [4.69, 9.17) is 16.3 Å². The second kappa shape index (κ2) is 7.65. The second-order valence-corrected chi connectivity index (χ2v) is 6.72. The first-order valence-corrected chi connectivity index (χ1v) is 9.12. The van der Waals surface area contributed by atoms with Crippen LogP contribution >= 0.6 is 11.6 Å². The summed E-state index contributed by atoms with van der Waals surface area (Å²) in [5, 5.41) is 12.9. The van der Waals surface area contributed by atoms with Crippen LogP contribution in [0.25, 0.3) is 11.3 Å². The number of halogens is 1. The molecule has 27 heavy (non-hydrogen) atoms. The predicted octanol–water partition coefficient (Wildman–Crippen LogP) is 4.82. The van der Waals surface area contributed by atoms with E-state index in [9.17, 15) is 5.26 Å². The number of para-hydroxylation sites is 1. The van der Waals surface area contributed by atoms with Crippen molar-refractivity contribution >= 4 is 17.5 Å². The van der Waals surface area contributed by atoms with Crippen molar-refractivity contribution in [2.24, 2.45) is 0 Å². The van der Waals surface area contributed by atoms with Crippen LogP contribution in [0.2, 0.25) is 5.15 Å². The summed E-state index contributed by atoms with van der Waals surface area (Å²) in [6, 6.07) is 19.9. The Morgan fingerprint density at radius 3 is 2.56 bits per heavy atom. The summed E-state index contributed by atoms with van der Waals surface area (Å²) in [5.74, 6) is 1.08. The Hall–Kier alpha value is -3.10. The molecule has 134 valence electrons. The maximum Gasteiger partial charge on any atom is 0.224 e. The van der Waals surface area contributed by atoms with Gasteiger partial charge in [-0.25, -0.2) is 4.98 Å². The van der Waals surface area contributed by atoms with E-state index in [1.165, 1.54) is 0 Å². The lowest BCUT2D eigenvalue weighted by molar-refractivity contribution is 0.307. The molecule has 0 bridgehead atoms. The van der Waals surface area contributed by atoms with Crippen LogP contribution in [0.4, 0.5) is 5.95 Å². The number of anilines is 1. The van der Waals surface area contributed by atoms with Gasteiger partial charge in [-0.15, -0.1) is 0 Å². The predicted molar refractivity (Wildman–Crippen MR) is 105 cm³/mol. The number of nitriles is 1. The average Bonchev–Trinajstić information content (AvgIpc) is 3.51. The zero-order valence-corrected chi connectivity index (χ0v) is 15.3. The van der Waals surface area contributed by atoms with E-state index in [1.807, 2.05) is 54.6 Å². The van der Waals surface area contributed by atoms with Gasteiger partial charge in [0, 0.05) is 11.6 Å². The van der Waals surface area contributed by atoms with Gasteiger partial charge in [0.25, 0.3) is 0 Å². The average molecular weight is 377 g/mol. The summed E-state index contributed by atoms with van der Waals surface area (Å²) in [5.41, 5.74) is 2.50. The van der Waals surface area contributed by atoms with E-state index in [0.717, 1.165) is 18.4 Å². The number of hydrogen-bond acceptors (Lipinski definition) is 5. The maximum absolute atomic E-state index is 9.57. The Bertz CT molecular complexity index is 997. The van der Waals surface area contributed by atoms with E-state index in [-0.39, 0.29) is 10.7 Å². The van der Waals surface area contributed by atoms with Crippen molar-refractivity contribution in [2.45, 2.75) is 25.5 Å². The Balaban J connectivity index is 1.70. The number of hydrogen-bond donors (Lipinski definition) is 1. The minimum atomic E-state index is 0.142. The molecule has 1 heterocycles. The molecule has 2 aromatic carbocycles. The first-order chi connectivity index (χ1) is 13.2. The highest BCUT2D eigenvalue weighted by Gasteiger charge is 2.24. The summed E-state index contributed by atoms with van der Waals surface area (Å²) in [4.78, 5) is 8.77. The third kappa shape index (κ3) is 4.02. The van der Waals surface area contributed by atoms with Gasteiger partial charge in [0.15, 0.2) is 5.15 Å². The molecule has 1 aliphatic rings. The van der Waals surface area contributed by atoms with Crippen molar-refractivity contribution in [1.82, 2.24) is 9.97 Å². The van der Waals surface area contributed by atoms with E-state index < -0.39 is 0 Å². The zero-order valence-electron chi connectivity index (χ0n) is 14.5. The van der Waals surface area contributed by atoms with Crippen LogP contribution in [0.1, 0.15) is 24.0 Å². The molecule has 1 aromatic heterocycles. The SMILES string of the molecule is N#Cc1c(Cl)nc(NC2CC2)nc1-c1ccccc1OCc1ccccc1. The molecule has 1 aliphatic carbocycles. The monoisotopic (exact) mass is 376 g/mol. The molecule has 0 unspecified atom stereocenters. The fourth-order valence-electron chi connectivity index (χ4n) is 2.73. The standard InChI is InChI=1S/C21H17ClN4O/c22-20-17(12-23)19(25-21(26-20)24-15-10-11-15)16-8-4-5-9-18(16)27-13-14-6-2-1-3-7-14/h1-9,15H,10-11,13H2,(H,24,25,26). The van der Waals surface area contributed by atoms with Crippen LogP contribution in [0.5, 0.6) is 5.75 Å². The second-order valence-electron chi connectivity index (χ2n) is 6.36. The fourth-order valence-corrected chi connectivity index (χ4v) is 2.94. The molecule has 1 saturated carbocycles. The van der Waals surface area contributed by atoms with E-state index in [0.29, 0.717) is 35.6 Å². The molecule has 6 heteroatoms. The van der Waals surface area contributed by atoms with Gasteiger partial charge in [-0.3, -0.25) is 0 Å². The molecule has 0 spiro atoms. The Kier molecular flexibility index (Phi) is 4.91. The molecule has 1 fully saturated rings. The van der Waals surface area contributed by atoms with E-state index in [2.05, 4.69) is 21.4 Å². The molecule has 0 radical (unpaired) electrons. The lowest BCUT2D eigenvalue weighted by Gasteiger charge is -2.14. The van der Waals surface area contributed by atoms with Crippen molar-refractivity contribution in [3.05, 3.63) is 70.9 Å². The van der Waals surface area contributed by atoms with Crippen LogP contribution in [0.3, 0.4) is 0 Å². The number of rotatable bonds is 6. The summed E-state index contributed by atoms with van der Waals surface area (Å²) in [6.07, 6.45) is 2.18. The summed E-state index contributed by atoms with van der Waals surface area (Å²) in [6.45, 7) is 0.422. The van der Waals surface area contributed by atoms with Crippen molar-refractivity contribution in [2.75, 3.05) is 5.32 Å². The molecule has 4 rings (SSSR count). The van der Waals surface area contributed by atoms with Gasteiger partial charge < -0.3 is 10.1 Å². The normalized spacial score (nSPS) is 13.0. The van der Waals surface area contributed by atoms with Crippen LogP contribution in [0.15, 0.2) is 54.6 Å². The van der Waals surface area contributed by atoms with Crippen LogP contribution < -0.4 is 10.1 Å². The van der Waals surface area contributed by atoms with Gasteiger partial charge in [0.2, 0.25) is 5.95 Å². The topological polar surface area (TPSA) is 70.8 Å². The first-order valence-electron chi connectivity index (χ1n) is 8.75. The third-order valence-electron chi connectivity index (χ3n) is 4.27. The highest BCUT2D eigenvalue weighted by Crippen LogP contribution is 2.35.